The van der Waals surface area contributed by atoms with Crippen LogP contribution in [0.15, 0.2) is 71.5 Å². The van der Waals surface area contributed by atoms with Gasteiger partial charge in [0.1, 0.15) is 29.8 Å². The Balaban J connectivity index is 0.732. The number of amides is 4. The fraction of sp³-hybridized carbons (Fsp3) is 0.447. The Morgan fingerprint density at radius 2 is 1.61 bits per heavy atom. The number of ether oxygens (including phenoxy) is 1. The number of pyridine rings is 1. The predicted octanol–water partition coefficient (Wildman–Crippen LogP) is 4.33. The summed E-state index contributed by atoms with van der Waals surface area (Å²) in [7, 11) is 0. The molecule has 0 radical (unpaired) electrons. The van der Waals surface area contributed by atoms with Crippen molar-refractivity contribution in [3.63, 3.8) is 0 Å². The number of hydrogen-bond acceptors (Lipinski definition) is 10. The number of benzene rings is 3. The summed E-state index contributed by atoms with van der Waals surface area (Å²) < 4.78 is 21.6. The summed E-state index contributed by atoms with van der Waals surface area (Å²) in [6.45, 7) is 14.9. The van der Waals surface area contributed by atoms with E-state index >= 15 is 4.39 Å². The molecular formula is C47H51FN8O6. The summed E-state index contributed by atoms with van der Waals surface area (Å²) in [5, 5.41) is 18.3. The molecular weight excluding hydrogens is 792 g/mol. The second-order valence-corrected chi connectivity index (χ2v) is 19.2. The van der Waals surface area contributed by atoms with Crippen molar-refractivity contribution in [2.24, 2.45) is 22.2 Å². The van der Waals surface area contributed by atoms with Gasteiger partial charge in [-0.1, -0.05) is 27.7 Å². The highest BCUT2D eigenvalue weighted by atomic mass is 19.1. The third-order valence-electron chi connectivity index (χ3n) is 14.0. The van der Waals surface area contributed by atoms with E-state index in [4.69, 9.17) is 4.74 Å². The lowest BCUT2D eigenvalue weighted by Crippen LogP contribution is -2.74. The lowest BCUT2D eigenvalue weighted by atomic mass is 9.49. The SMILES string of the molecule is CC1(C)C(NC(=O)c2ccc(N3CCC4(CN(CC5CN(c6ccc(C(=O)N[C@H]7CCC(=O)NC7=O)c(F)c6)C5)C4)C3)cc2)C(C)(C)C1Oc1ccc(C#N)c2[nH]c(=O)ccc12. The molecule has 5 aliphatic rings. The maximum Gasteiger partial charge on any atom is 0.254 e. The van der Waals surface area contributed by atoms with Crippen LogP contribution in [0.3, 0.4) is 0 Å². The van der Waals surface area contributed by atoms with E-state index in [2.05, 4.69) is 69.4 Å². The Morgan fingerprint density at radius 3 is 2.31 bits per heavy atom. The lowest BCUT2D eigenvalue weighted by Gasteiger charge is -2.63. The Kier molecular flexibility index (Phi) is 10.1. The number of carbonyl (C=O) groups excluding carboxylic acids is 4. The number of halogens is 1. The van der Waals surface area contributed by atoms with E-state index < -0.39 is 34.5 Å². The molecule has 14 nitrogen and oxygen atoms in total. The monoisotopic (exact) mass is 842 g/mol. The standard InChI is InChI=1S/C47H51FN8O6/c1-45(2)43(46(3,4)44(45)62-36-14-7-29(20-49)39-33(36)12-15-37(57)51-39)53-40(59)28-5-8-30(9-6-28)55-18-17-47(26-55)24-54(25-47)21-27-22-56(23-27)31-10-11-32(34(48)19-31)41(60)50-35-13-16-38(58)52-42(35)61/h5-12,14-15,19,27,35,43-44H,13,16-18,21-26H2,1-4H3,(H,50,60)(H,51,57)(H,53,59)(H,52,58,61)/t35-,43?,44?/m0/s1. The van der Waals surface area contributed by atoms with Crippen LogP contribution in [-0.4, -0.2) is 97.5 Å². The Hall–Kier alpha value is -6.27. The zero-order chi connectivity index (χ0) is 43.7. The van der Waals surface area contributed by atoms with Crippen molar-refractivity contribution in [2.75, 3.05) is 55.6 Å². The van der Waals surface area contributed by atoms with Crippen LogP contribution in [0, 0.1) is 39.3 Å². The predicted molar refractivity (Wildman–Crippen MR) is 230 cm³/mol. The van der Waals surface area contributed by atoms with E-state index in [1.165, 1.54) is 18.2 Å². The number of anilines is 2. The summed E-state index contributed by atoms with van der Waals surface area (Å²) in [6.07, 6.45) is 1.16. The van der Waals surface area contributed by atoms with E-state index in [0.717, 1.165) is 63.6 Å². The number of nitrogens with zero attached hydrogens (tertiary/aromatic N) is 4. The number of likely N-dealkylation sites (tertiary alicyclic amines) is 1. The van der Waals surface area contributed by atoms with Gasteiger partial charge in [0.25, 0.3) is 11.8 Å². The third-order valence-corrected chi connectivity index (χ3v) is 14.0. The molecule has 5 fully saturated rings. The molecule has 4 N–H and O–H groups in total. The first-order chi connectivity index (χ1) is 29.5. The molecule has 15 heteroatoms. The van der Waals surface area contributed by atoms with Gasteiger partial charge in [-0.2, -0.15) is 5.26 Å². The van der Waals surface area contributed by atoms with Crippen LogP contribution in [0.25, 0.3) is 10.9 Å². The maximum atomic E-state index is 15.0. The van der Waals surface area contributed by atoms with Crippen LogP contribution >= 0.6 is 0 Å². The molecule has 4 aliphatic heterocycles. The number of hydrogen-bond donors (Lipinski definition) is 4. The minimum absolute atomic E-state index is 0.123. The molecule has 1 aliphatic carbocycles. The van der Waals surface area contributed by atoms with Gasteiger partial charge in [-0.25, -0.2) is 4.39 Å². The second kappa shape index (κ2) is 15.3. The summed E-state index contributed by atoms with van der Waals surface area (Å²) in [5.74, 6) is -1.39. The number of nitriles is 1. The zero-order valence-corrected chi connectivity index (χ0v) is 35.3. The molecule has 0 bridgehead atoms. The first kappa shape index (κ1) is 41.1. The first-order valence-electron chi connectivity index (χ1n) is 21.3. The van der Waals surface area contributed by atoms with Crippen molar-refractivity contribution in [3.05, 3.63) is 99.6 Å². The molecule has 62 heavy (non-hydrogen) atoms. The van der Waals surface area contributed by atoms with Gasteiger partial charge in [-0.3, -0.25) is 29.3 Å². The van der Waals surface area contributed by atoms with E-state index in [1.807, 2.05) is 24.3 Å². The van der Waals surface area contributed by atoms with Crippen LogP contribution < -0.4 is 36.0 Å². The van der Waals surface area contributed by atoms with Gasteiger partial charge >= 0.3 is 0 Å². The highest BCUT2D eigenvalue weighted by molar-refractivity contribution is 6.04. The fourth-order valence-electron chi connectivity index (χ4n) is 11.0. The number of aromatic nitrogens is 1. The van der Waals surface area contributed by atoms with E-state index in [1.54, 1.807) is 24.3 Å². The lowest BCUT2D eigenvalue weighted by molar-refractivity contribution is -0.163. The molecule has 4 saturated heterocycles. The van der Waals surface area contributed by atoms with Gasteiger partial charge in [-0.15, -0.1) is 0 Å². The molecule has 0 unspecified atom stereocenters. The van der Waals surface area contributed by atoms with Crippen molar-refractivity contribution >= 4 is 45.9 Å². The quantitative estimate of drug-likeness (QED) is 0.168. The zero-order valence-electron chi connectivity index (χ0n) is 35.3. The van der Waals surface area contributed by atoms with Crippen molar-refractivity contribution < 1.29 is 28.3 Å². The van der Waals surface area contributed by atoms with Crippen molar-refractivity contribution in [2.45, 2.75) is 65.1 Å². The van der Waals surface area contributed by atoms with E-state index in [9.17, 15) is 29.2 Å². The highest BCUT2D eigenvalue weighted by Crippen LogP contribution is 2.56. The van der Waals surface area contributed by atoms with Gasteiger partial charge in [0.2, 0.25) is 17.4 Å². The normalized spacial score (nSPS) is 23.8. The van der Waals surface area contributed by atoms with Crippen LogP contribution in [0.2, 0.25) is 0 Å². The first-order valence-corrected chi connectivity index (χ1v) is 21.3. The summed E-state index contributed by atoms with van der Waals surface area (Å²) in [5.41, 5.74) is 2.21. The minimum atomic E-state index is -0.866. The Morgan fingerprint density at radius 1 is 0.887 bits per heavy atom. The molecule has 4 amide bonds. The fourth-order valence-corrected chi connectivity index (χ4v) is 11.0. The molecule has 1 saturated carbocycles. The van der Waals surface area contributed by atoms with Crippen molar-refractivity contribution in [3.8, 4) is 11.8 Å². The smallest absolute Gasteiger partial charge is 0.254 e. The van der Waals surface area contributed by atoms with Crippen molar-refractivity contribution in [1.29, 1.82) is 5.26 Å². The average Bonchev–Trinajstić information content (AvgIpc) is 3.66. The number of rotatable bonds is 10. The number of piperidine rings is 1. The number of aromatic amines is 1. The largest absolute Gasteiger partial charge is 0.488 e. The second-order valence-electron chi connectivity index (χ2n) is 19.2. The summed E-state index contributed by atoms with van der Waals surface area (Å²) in [4.78, 5) is 71.6. The molecule has 3 aromatic carbocycles. The van der Waals surface area contributed by atoms with E-state index in [0.29, 0.717) is 33.7 Å². The van der Waals surface area contributed by atoms with Gasteiger partial charge < -0.3 is 35.1 Å². The van der Waals surface area contributed by atoms with Gasteiger partial charge in [0.05, 0.1) is 16.6 Å². The Labute approximate surface area is 358 Å². The molecule has 9 rings (SSSR count). The Bertz CT molecular complexity index is 2570. The number of nitrogens with one attached hydrogen (secondary N) is 4. The minimum Gasteiger partial charge on any atom is -0.488 e. The topological polar surface area (TPSA) is 180 Å². The molecule has 1 aromatic heterocycles. The van der Waals surface area contributed by atoms with Crippen LogP contribution in [0.1, 0.15) is 73.2 Å². The summed E-state index contributed by atoms with van der Waals surface area (Å²) >= 11 is 0. The number of fused-ring (bicyclic) bond motifs is 1. The van der Waals surface area contributed by atoms with Crippen LogP contribution in [0.4, 0.5) is 15.8 Å². The number of carbonyl (C=O) groups is 4. The maximum absolute atomic E-state index is 15.0. The van der Waals surface area contributed by atoms with Crippen LogP contribution in [-0.2, 0) is 9.59 Å². The molecule has 1 atom stereocenters. The molecule has 322 valence electrons. The molecule has 1 spiro atoms. The summed E-state index contributed by atoms with van der Waals surface area (Å²) in [6, 6.07) is 20.0. The number of H-pyrrole nitrogens is 1. The average molecular weight is 843 g/mol. The van der Waals surface area contributed by atoms with Crippen molar-refractivity contribution in [1.82, 2.24) is 25.8 Å². The van der Waals surface area contributed by atoms with Crippen LogP contribution in [0.5, 0.6) is 5.75 Å². The van der Waals surface area contributed by atoms with Gasteiger partial charge in [0.15, 0.2) is 0 Å². The number of imide groups is 1. The van der Waals surface area contributed by atoms with Gasteiger partial charge in [-0.05, 0) is 73.5 Å². The van der Waals surface area contributed by atoms with E-state index in [-0.39, 0.29) is 53.3 Å². The molecule has 5 heterocycles. The highest BCUT2D eigenvalue weighted by Gasteiger charge is 2.64. The molecule has 4 aromatic rings. The third kappa shape index (κ3) is 7.33. The van der Waals surface area contributed by atoms with Gasteiger partial charge in [0, 0.05) is 109 Å².